The first-order chi connectivity index (χ1) is 9.71. The maximum atomic E-state index is 6.04. The van der Waals surface area contributed by atoms with Gasteiger partial charge in [0, 0.05) is 17.1 Å². The highest BCUT2D eigenvalue weighted by Gasteiger charge is 2.42. The molecule has 0 aromatic heterocycles. The standard InChI is InChI=1S/C18H26ClN.ClH/c1-20(14-15-6-3-2-4-7-15)18(12-5-13-18)16-8-10-17(19)11-9-16;/h8-11,15H,2-7,12-14H2,1H3;1H. The molecule has 21 heavy (non-hydrogen) atoms. The third kappa shape index (κ3) is 3.57. The van der Waals surface area contributed by atoms with Crippen molar-refractivity contribution in [3.05, 3.63) is 34.9 Å². The average Bonchev–Trinajstić information content (AvgIpc) is 2.41. The summed E-state index contributed by atoms with van der Waals surface area (Å²) in [6.07, 6.45) is 11.1. The average molecular weight is 328 g/mol. The number of benzene rings is 1. The fourth-order valence-corrected chi connectivity index (χ4v) is 4.22. The van der Waals surface area contributed by atoms with E-state index in [1.165, 1.54) is 63.5 Å². The molecule has 3 rings (SSSR count). The van der Waals surface area contributed by atoms with Gasteiger partial charge in [0.15, 0.2) is 0 Å². The number of hydrogen-bond donors (Lipinski definition) is 0. The second-order valence-corrected chi connectivity index (χ2v) is 7.21. The highest BCUT2D eigenvalue weighted by atomic mass is 35.5. The predicted molar refractivity (Wildman–Crippen MR) is 93.4 cm³/mol. The van der Waals surface area contributed by atoms with Gasteiger partial charge in [0.2, 0.25) is 0 Å². The minimum atomic E-state index is 0. The summed E-state index contributed by atoms with van der Waals surface area (Å²) in [6.45, 7) is 1.27. The summed E-state index contributed by atoms with van der Waals surface area (Å²) in [7, 11) is 2.34. The van der Waals surface area contributed by atoms with Crippen LogP contribution in [0.25, 0.3) is 0 Å². The smallest absolute Gasteiger partial charge is 0.0457 e. The maximum Gasteiger partial charge on any atom is 0.0457 e. The topological polar surface area (TPSA) is 3.24 Å². The van der Waals surface area contributed by atoms with E-state index in [4.69, 9.17) is 11.6 Å². The molecule has 2 fully saturated rings. The lowest BCUT2D eigenvalue weighted by Crippen LogP contribution is -2.50. The number of rotatable bonds is 4. The molecule has 0 spiro atoms. The van der Waals surface area contributed by atoms with Gasteiger partial charge in [-0.2, -0.15) is 0 Å². The summed E-state index contributed by atoms with van der Waals surface area (Å²) in [5, 5.41) is 0.846. The molecule has 0 atom stereocenters. The molecule has 0 N–H and O–H groups in total. The Kier molecular flexibility index (Phi) is 5.99. The Bertz CT molecular complexity index is 433. The Hall–Kier alpha value is -0.240. The van der Waals surface area contributed by atoms with E-state index in [0.717, 1.165) is 10.9 Å². The van der Waals surface area contributed by atoms with E-state index in [1.54, 1.807) is 0 Å². The molecule has 0 heterocycles. The molecule has 0 radical (unpaired) electrons. The van der Waals surface area contributed by atoms with Gasteiger partial charge in [-0.25, -0.2) is 0 Å². The summed E-state index contributed by atoms with van der Waals surface area (Å²) in [5.41, 5.74) is 1.76. The zero-order valence-corrected chi connectivity index (χ0v) is 14.6. The van der Waals surface area contributed by atoms with Crippen LogP contribution in [0.15, 0.2) is 24.3 Å². The number of halogens is 2. The largest absolute Gasteiger partial charge is 0.296 e. The van der Waals surface area contributed by atoms with Crippen molar-refractivity contribution in [2.24, 2.45) is 5.92 Å². The Balaban J connectivity index is 0.00000161. The predicted octanol–water partition coefficient (Wildman–Crippen LogP) is 5.65. The van der Waals surface area contributed by atoms with E-state index in [0.29, 0.717) is 5.54 Å². The summed E-state index contributed by atoms with van der Waals surface area (Å²) >= 11 is 6.04. The second kappa shape index (κ2) is 7.35. The summed E-state index contributed by atoms with van der Waals surface area (Å²) in [5.74, 6) is 0.915. The summed E-state index contributed by atoms with van der Waals surface area (Å²) in [6, 6.07) is 8.56. The minimum Gasteiger partial charge on any atom is -0.296 e. The lowest BCUT2D eigenvalue weighted by Gasteiger charge is -2.50. The zero-order valence-electron chi connectivity index (χ0n) is 13.0. The minimum absolute atomic E-state index is 0. The van der Waals surface area contributed by atoms with Crippen LogP contribution in [0.2, 0.25) is 5.02 Å². The van der Waals surface area contributed by atoms with Gasteiger partial charge in [-0.05, 0) is 62.8 Å². The van der Waals surface area contributed by atoms with Crippen molar-refractivity contribution in [1.29, 1.82) is 0 Å². The number of nitrogens with zero attached hydrogens (tertiary/aromatic N) is 1. The van der Waals surface area contributed by atoms with Gasteiger partial charge in [0.25, 0.3) is 0 Å². The normalized spacial score (nSPS) is 21.7. The van der Waals surface area contributed by atoms with Gasteiger partial charge >= 0.3 is 0 Å². The molecular formula is C18H27Cl2N. The molecule has 2 aliphatic rings. The van der Waals surface area contributed by atoms with E-state index in [-0.39, 0.29) is 12.4 Å². The van der Waals surface area contributed by atoms with Crippen LogP contribution in [0.5, 0.6) is 0 Å². The van der Waals surface area contributed by atoms with Gasteiger partial charge in [-0.1, -0.05) is 43.0 Å². The van der Waals surface area contributed by atoms with Gasteiger partial charge < -0.3 is 0 Å². The quantitative estimate of drug-likeness (QED) is 0.690. The molecule has 0 aliphatic heterocycles. The van der Waals surface area contributed by atoms with Gasteiger partial charge in [0.1, 0.15) is 0 Å². The van der Waals surface area contributed by atoms with Crippen molar-refractivity contribution in [2.75, 3.05) is 13.6 Å². The summed E-state index contributed by atoms with van der Waals surface area (Å²) in [4.78, 5) is 2.65. The van der Waals surface area contributed by atoms with Crippen molar-refractivity contribution in [3.63, 3.8) is 0 Å². The second-order valence-electron chi connectivity index (χ2n) is 6.78. The molecule has 0 saturated heterocycles. The van der Waals surface area contributed by atoms with Crippen molar-refractivity contribution in [3.8, 4) is 0 Å². The Morgan fingerprint density at radius 1 is 1.05 bits per heavy atom. The van der Waals surface area contributed by atoms with Gasteiger partial charge in [-0.15, -0.1) is 12.4 Å². The van der Waals surface area contributed by atoms with Crippen LogP contribution in [0, 0.1) is 5.92 Å². The summed E-state index contributed by atoms with van der Waals surface area (Å²) < 4.78 is 0. The van der Waals surface area contributed by atoms with Crippen molar-refractivity contribution in [1.82, 2.24) is 4.90 Å². The molecular weight excluding hydrogens is 301 g/mol. The lowest BCUT2D eigenvalue weighted by atomic mass is 9.70. The Morgan fingerprint density at radius 3 is 2.19 bits per heavy atom. The van der Waals surface area contributed by atoms with Gasteiger partial charge in [0.05, 0.1) is 0 Å². The molecule has 1 nitrogen and oxygen atoms in total. The van der Waals surface area contributed by atoms with Crippen molar-refractivity contribution >= 4 is 24.0 Å². The fraction of sp³-hybridized carbons (Fsp3) is 0.667. The molecule has 1 aromatic carbocycles. The molecule has 0 unspecified atom stereocenters. The van der Waals surface area contributed by atoms with E-state index in [2.05, 4.69) is 24.1 Å². The molecule has 3 heteroatoms. The third-order valence-electron chi connectivity index (χ3n) is 5.55. The van der Waals surface area contributed by atoms with Crippen LogP contribution in [0.1, 0.15) is 56.9 Å². The van der Waals surface area contributed by atoms with Crippen LogP contribution >= 0.6 is 24.0 Å². The molecule has 1 aromatic rings. The first-order valence-corrected chi connectivity index (χ1v) is 8.56. The van der Waals surface area contributed by atoms with Crippen molar-refractivity contribution in [2.45, 2.75) is 56.9 Å². The zero-order chi connectivity index (χ0) is 14.0. The maximum absolute atomic E-state index is 6.04. The number of hydrogen-bond acceptors (Lipinski definition) is 1. The van der Waals surface area contributed by atoms with E-state index in [1.807, 2.05) is 12.1 Å². The van der Waals surface area contributed by atoms with Crippen molar-refractivity contribution < 1.29 is 0 Å². The Morgan fingerprint density at radius 2 is 1.67 bits per heavy atom. The van der Waals surface area contributed by atoms with E-state index >= 15 is 0 Å². The molecule has 118 valence electrons. The highest BCUT2D eigenvalue weighted by molar-refractivity contribution is 6.30. The van der Waals surface area contributed by atoms with Crippen LogP contribution in [-0.2, 0) is 5.54 Å². The van der Waals surface area contributed by atoms with E-state index in [9.17, 15) is 0 Å². The first kappa shape index (κ1) is 17.1. The molecule has 2 saturated carbocycles. The van der Waals surface area contributed by atoms with Crippen LogP contribution in [-0.4, -0.2) is 18.5 Å². The van der Waals surface area contributed by atoms with E-state index < -0.39 is 0 Å². The highest BCUT2D eigenvalue weighted by Crippen LogP contribution is 2.46. The molecule has 2 aliphatic carbocycles. The third-order valence-corrected chi connectivity index (χ3v) is 5.80. The fourth-order valence-electron chi connectivity index (χ4n) is 4.09. The molecule has 0 bridgehead atoms. The Labute approximate surface area is 140 Å². The van der Waals surface area contributed by atoms with Gasteiger partial charge in [-0.3, -0.25) is 4.90 Å². The van der Waals surface area contributed by atoms with Crippen LogP contribution in [0.3, 0.4) is 0 Å². The first-order valence-electron chi connectivity index (χ1n) is 8.18. The SMILES string of the molecule is CN(CC1CCCCC1)C1(c2ccc(Cl)cc2)CCC1.Cl. The monoisotopic (exact) mass is 327 g/mol. The van der Waals surface area contributed by atoms with Crippen LogP contribution in [0.4, 0.5) is 0 Å². The lowest BCUT2D eigenvalue weighted by molar-refractivity contribution is 0.0178. The van der Waals surface area contributed by atoms with Crippen LogP contribution < -0.4 is 0 Å². The molecule has 0 amide bonds.